The number of nitrogens with zero attached hydrogens (tertiary/aromatic N) is 3. The Bertz CT molecular complexity index is 978. The lowest BCUT2D eigenvalue weighted by Crippen LogP contribution is -2.49. The number of rotatable bonds is 3. The van der Waals surface area contributed by atoms with Gasteiger partial charge in [-0.25, -0.2) is 4.39 Å². The van der Waals surface area contributed by atoms with E-state index in [1.54, 1.807) is 17.9 Å². The second-order valence-electron chi connectivity index (χ2n) is 6.67. The zero-order valence-corrected chi connectivity index (χ0v) is 16.1. The van der Waals surface area contributed by atoms with Crippen molar-refractivity contribution in [2.24, 2.45) is 0 Å². The maximum absolute atomic E-state index is 14.4. The molecule has 0 bridgehead atoms. The number of halogens is 2. The molecule has 0 N–H and O–H groups in total. The Hall–Kier alpha value is -2.86. The van der Waals surface area contributed by atoms with E-state index in [4.69, 9.17) is 16.1 Å². The second-order valence-corrected chi connectivity index (χ2v) is 7.08. The summed E-state index contributed by atoms with van der Waals surface area (Å²) in [6, 6.07) is 14.5. The second kappa shape index (κ2) is 7.64. The number of aromatic nitrogens is 1. The van der Waals surface area contributed by atoms with Gasteiger partial charge in [-0.3, -0.25) is 4.79 Å². The molecule has 1 saturated heterocycles. The first kappa shape index (κ1) is 18.5. The van der Waals surface area contributed by atoms with Crippen LogP contribution in [0.3, 0.4) is 0 Å². The number of para-hydroxylation sites is 1. The van der Waals surface area contributed by atoms with Crippen molar-refractivity contribution >= 4 is 23.2 Å². The van der Waals surface area contributed by atoms with Crippen LogP contribution in [-0.4, -0.2) is 42.1 Å². The highest BCUT2D eigenvalue weighted by molar-refractivity contribution is 6.33. The normalized spacial score (nSPS) is 14.4. The molecule has 4 rings (SSSR count). The Kier molecular flexibility index (Phi) is 5.05. The molecule has 0 aliphatic carbocycles. The summed E-state index contributed by atoms with van der Waals surface area (Å²) in [5.41, 5.74) is 1.64. The molecule has 0 radical (unpaired) electrons. The summed E-state index contributed by atoms with van der Waals surface area (Å²) < 4.78 is 19.6. The Morgan fingerprint density at radius 2 is 1.79 bits per heavy atom. The third-order valence-corrected chi connectivity index (χ3v) is 5.28. The van der Waals surface area contributed by atoms with Crippen molar-refractivity contribution < 1.29 is 13.7 Å². The number of amides is 1. The fourth-order valence-electron chi connectivity index (χ4n) is 3.48. The number of hydrogen-bond donors (Lipinski definition) is 0. The standard InChI is InChI=1S/C21H19ClFN3O2/c1-14-18(20(24-28-14)19-16(22)8-5-9-17(19)23)21(27)26-12-10-25(11-13-26)15-6-3-2-4-7-15/h2-9H,10-13H2,1H3. The van der Waals surface area contributed by atoms with Crippen molar-refractivity contribution in [3.05, 3.63) is 70.7 Å². The topological polar surface area (TPSA) is 49.6 Å². The number of benzene rings is 2. The van der Waals surface area contributed by atoms with Crippen molar-refractivity contribution in [2.45, 2.75) is 6.92 Å². The highest BCUT2D eigenvalue weighted by Gasteiger charge is 2.30. The summed E-state index contributed by atoms with van der Waals surface area (Å²) >= 11 is 6.17. The largest absolute Gasteiger partial charge is 0.368 e. The van der Waals surface area contributed by atoms with Crippen molar-refractivity contribution in [3.63, 3.8) is 0 Å². The third-order valence-electron chi connectivity index (χ3n) is 4.96. The highest BCUT2D eigenvalue weighted by atomic mass is 35.5. The molecule has 2 heterocycles. The van der Waals surface area contributed by atoms with E-state index in [2.05, 4.69) is 22.2 Å². The summed E-state index contributed by atoms with van der Waals surface area (Å²) in [5.74, 6) is -0.408. The molecule has 3 aromatic rings. The van der Waals surface area contributed by atoms with E-state index in [0.29, 0.717) is 18.8 Å². The molecule has 2 aromatic carbocycles. The number of carbonyl (C=O) groups excluding carboxylic acids is 1. The minimum absolute atomic E-state index is 0.0901. The van der Waals surface area contributed by atoms with Gasteiger partial charge in [0.05, 0.1) is 10.6 Å². The SMILES string of the molecule is Cc1onc(-c2c(F)cccc2Cl)c1C(=O)N1CCN(c2ccccc2)CC1. The monoisotopic (exact) mass is 399 g/mol. The molecule has 1 amide bonds. The van der Waals surface area contributed by atoms with Crippen LogP contribution in [0, 0.1) is 12.7 Å². The van der Waals surface area contributed by atoms with Gasteiger partial charge < -0.3 is 14.3 Å². The van der Waals surface area contributed by atoms with Gasteiger partial charge in [0.25, 0.3) is 5.91 Å². The van der Waals surface area contributed by atoms with Crippen LogP contribution < -0.4 is 4.90 Å². The van der Waals surface area contributed by atoms with Crippen LogP contribution in [0.5, 0.6) is 0 Å². The Labute approximate surface area is 167 Å². The molecule has 144 valence electrons. The van der Waals surface area contributed by atoms with E-state index < -0.39 is 5.82 Å². The molecule has 0 atom stereocenters. The van der Waals surface area contributed by atoms with Gasteiger partial charge in [0, 0.05) is 31.9 Å². The molecule has 7 heteroatoms. The maximum Gasteiger partial charge on any atom is 0.259 e. The van der Waals surface area contributed by atoms with Gasteiger partial charge >= 0.3 is 0 Å². The van der Waals surface area contributed by atoms with Crippen molar-refractivity contribution in [1.29, 1.82) is 0 Å². The summed E-state index contributed by atoms with van der Waals surface area (Å²) in [6.45, 7) is 4.20. The number of hydrogen-bond acceptors (Lipinski definition) is 4. The first-order valence-corrected chi connectivity index (χ1v) is 9.44. The lowest BCUT2D eigenvalue weighted by molar-refractivity contribution is 0.0745. The van der Waals surface area contributed by atoms with Crippen LogP contribution >= 0.6 is 11.6 Å². The van der Waals surface area contributed by atoms with Crippen molar-refractivity contribution in [3.8, 4) is 11.3 Å². The lowest BCUT2D eigenvalue weighted by Gasteiger charge is -2.36. The molecule has 1 fully saturated rings. The first-order valence-electron chi connectivity index (χ1n) is 9.06. The van der Waals surface area contributed by atoms with Gasteiger partial charge in [-0.2, -0.15) is 0 Å². The Morgan fingerprint density at radius 3 is 2.46 bits per heavy atom. The van der Waals surface area contributed by atoms with Gasteiger partial charge in [-0.1, -0.05) is 41.0 Å². The molecule has 0 unspecified atom stereocenters. The fourth-order valence-corrected chi connectivity index (χ4v) is 3.74. The average molecular weight is 400 g/mol. The van der Waals surface area contributed by atoms with E-state index in [9.17, 15) is 9.18 Å². The molecule has 0 saturated carbocycles. The molecular weight excluding hydrogens is 381 g/mol. The predicted octanol–water partition coefficient (Wildman–Crippen LogP) is 4.40. The molecule has 1 aliphatic heterocycles. The van der Waals surface area contributed by atoms with E-state index in [1.807, 2.05) is 18.2 Å². The van der Waals surface area contributed by atoms with Gasteiger partial charge in [-0.05, 0) is 31.2 Å². The molecular formula is C21H19ClFN3O2. The number of carbonyl (C=O) groups is 1. The summed E-state index contributed by atoms with van der Waals surface area (Å²) in [6.07, 6.45) is 0. The third kappa shape index (κ3) is 3.36. The molecule has 5 nitrogen and oxygen atoms in total. The minimum Gasteiger partial charge on any atom is -0.368 e. The van der Waals surface area contributed by atoms with Crippen molar-refractivity contribution in [1.82, 2.24) is 10.1 Å². The average Bonchev–Trinajstić information content (AvgIpc) is 3.09. The molecule has 1 aromatic heterocycles. The lowest BCUT2D eigenvalue weighted by atomic mass is 10.0. The first-order chi connectivity index (χ1) is 13.6. The maximum atomic E-state index is 14.4. The Balaban J connectivity index is 1.58. The van der Waals surface area contributed by atoms with Crippen molar-refractivity contribution in [2.75, 3.05) is 31.1 Å². The van der Waals surface area contributed by atoms with Gasteiger partial charge in [-0.15, -0.1) is 0 Å². The van der Waals surface area contributed by atoms with E-state index >= 15 is 0 Å². The zero-order chi connectivity index (χ0) is 19.7. The molecule has 0 spiro atoms. The van der Waals surface area contributed by atoms with Gasteiger partial charge in [0.1, 0.15) is 22.8 Å². The summed E-state index contributed by atoms with van der Waals surface area (Å²) in [4.78, 5) is 17.2. The van der Waals surface area contributed by atoms with Crippen LogP contribution in [0.25, 0.3) is 11.3 Å². The summed E-state index contributed by atoms with van der Waals surface area (Å²) in [7, 11) is 0. The highest BCUT2D eigenvalue weighted by Crippen LogP contribution is 2.34. The number of aryl methyl sites for hydroxylation is 1. The number of piperazine rings is 1. The van der Waals surface area contributed by atoms with E-state index in [0.717, 1.165) is 18.8 Å². The van der Waals surface area contributed by atoms with Gasteiger partial charge in [0.15, 0.2) is 0 Å². The number of anilines is 1. The van der Waals surface area contributed by atoms with Gasteiger partial charge in [0.2, 0.25) is 0 Å². The van der Waals surface area contributed by atoms with Crippen LogP contribution in [0.2, 0.25) is 5.02 Å². The summed E-state index contributed by atoms with van der Waals surface area (Å²) in [5, 5.41) is 4.12. The van der Waals surface area contributed by atoms with E-state index in [1.165, 1.54) is 12.1 Å². The molecule has 1 aliphatic rings. The zero-order valence-electron chi connectivity index (χ0n) is 15.4. The quantitative estimate of drug-likeness (QED) is 0.654. The fraction of sp³-hybridized carbons (Fsp3) is 0.238. The van der Waals surface area contributed by atoms with Crippen LogP contribution in [0.1, 0.15) is 16.1 Å². The Morgan fingerprint density at radius 1 is 1.07 bits per heavy atom. The van der Waals surface area contributed by atoms with Crippen LogP contribution in [0.15, 0.2) is 53.1 Å². The predicted molar refractivity (Wildman–Crippen MR) is 106 cm³/mol. The molecule has 28 heavy (non-hydrogen) atoms. The minimum atomic E-state index is -0.538. The van der Waals surface area contributed by atoms with Crippen LogP contribution in [0.4, 0.5) is 10.1 Å². The van der Waals surface area contributed by atoms with Crippen LogP contribution in [-0.2, 0) is 0 Å². The van der Waals surface area contributed by atoms with E-state index in [-0.39, 0.29) is 27.8 Å². The smallest absolute Gasteiger partial charge is 0.259 e.